The molecule has 0 saturated carbocycles. The lowest BCUT2D eigenvalue weighted by molar-refractivity contribution is 0.0959. The molecule has 0 saturated heterocycles. The van der Waals surface area contributed by atoms with Crippen molar-refractivity contribution in [1.29, 1.82) is 0 Å². The van der Waals surface area contributed by atoms with E-state index in [1.54, 1.807) is 25.3 Å². The number of thiophene rings is 1. The first kappa shape index (κ1) is 16.8. The van der Waals surface area contributed by atoms with Crippen LogP contribution in [0, 0.1) is 0 Å². The van der Waals surface area contributed by atoms with Crippen LogP contribution in [0.15, 0.2) is 47.6 Å². The number of ether oxygens (including phenoxy) is 1. The highest BCUT2D eigenvalue weighted by molar-refractivity contribution is 7.21. The maximum absolute atomic E-state index is 12.3. The van der Waals surface area contributed by atoms with E-state index in [2.05, 4.69) is 10.5 Å². The molecular weight excluding hydrogens is 367 g/mol. The van der Waals surface area contributed by atoms with Crippen molar-refractivity contribution in [3.8, 4) is 5.75 Å². The van der Waals surface area contributed by atoms with E-state index in [1.807, 2.05) is 24.3 Å². The third kappa shape index (κ3) is 3.53. The fourth-order valence-corrected chi connectivity index (χ4v) is 3.76. The van der Waals surface area contributed by atoms with Crippen LogP contribution in [-0.4, -0.2) is 19.2 Å². The van der Waals surface area contributed by atoms with Crippen molar-refractivity contribution in [2.24, 2.45) is 5.10 Å². The molecule has 7 heteroatoms. The SMILES string of the molecule is COc1ccc2c(Cl)c(C(=O)N/N=C\c3cccc(Cl)c3)sc2c1. The zero-order valence-electron chi connectivity index (χ0n) is 12.5. The lowest BCUT2D eigenvalue weighted by Gasteiger charge is -1.98. The first-order chi connectivity index (χ1) is 11.6. The van der Waals surface area contributed by atoms with E-state index in [-0.39, 0.29) is 5.91 Å². The van der Waals surface area contributed by atoms with Gasteiger partial charge in [0.2, 0.25) is 0 Å². The molecule has 3 rings (SSSR count). The number of methoxy groups -OCH3 is 1. The van der Waals surface area contributed by atoms with Crippen LogP contribution in [0.1, 0.15) is 15.2 Å². The molecule has 1 N–H and O–H groups in total. The largest absolute Gasteiger partial charge is 0.497 e. The molecule has 0 atom stereocenters. The third-order valence-electron chi connectivity index (χ3n) is 3.27. The topological polar surface area (TPSA) is 50.7 Å². The van der Waals surface area contributed by atoms with Crippen molar-refractivity contribution < 1.29 is 9.53 Å². The summed E-state index contributed by atoms with van der Waals surface area (Å²) in [5.41, 5.74) is 3.27. The van der Waals surface area contributed by atoms with Gasteiger partial charge in [0.25, 0.3) is 5.91 Å². The first-order valence-electron chi connectivity index (χ1n) is 6.93. The van der Waals surface area contributed by atoms with E-state index in [9.17, 15) is 4.79 Å². The molecular formula is C17H12Cl2N2O2S. The maximum atomic E-state index is 12.3. The van der Waals surface area contributed by atoms with Gasteiger partial charge < -0.3 is 4.74 Å². The molecule has 0 radical (unpaired) electrons. The van der Waals surface area contributed by atoms with Gasteiger partial charge in [0.05, 0.1) is 18.3 Å². The Kier molecular flexibility index (Phi) is 5.04. The standard InChI is InChI=1S/C17H12Cl2N2O2S/c1-23-12-5-6-13-14(8-12)24-16(15(13)19)17(22)21-20-9-10-3-2-4-11(18)7-10/h2-9H,1H3,(H,21,22)/b20-9-. The number of halogens is 2. The molecule has 0 fully saturated rings. The summed E-state index contributed by atoms with van der Waals surface area (Å²) in [5.74, 6) is 0.352. The number of fused-ring (bicyclic) bond motifs is 1. The van der Waals surface area contributed by atoms with E-state index in [0.717, 1.165) is 15.6 Å². The third-order valence-corrected chi connectivity index (χ3v) is 5.16. The Morgan fingerprint density at radius 3 is 2.83 bits per heavy atom. The Hall–Kier alpha value is -2.08. The highest BCUT2D eigenvalue weighted by atomic mass is 35.5. The van der Waals surface area contributed by atoms with Gasteiger partial charge in [-0.3, -0.25) is 4.79 Å². The zero-order valence-corrected chi connectivity index (χ0v) is 14.9. The van der Waals surface area contributed by atoms with Crippen molar-refractivity contribution in [1.82, 2.24) is 5.43 Å². The number of rotatable bonds is 4. The molecule has 0 aliphatic carbocycles. The summed E-state index contributed by atoms with van der Waals surface area (Å²) in [6.45, 7) is 0. The van der Waals surface area contributed by atoms with Gasteiger partial charge in [-0.25, -0.2) is 5.43 Å². The van der Waals surface area contributed by atoms with Gasteiger partial charge in [-0.05, 0) is 35.9 Å². The van der Waals surface area contributed by atoms with E-state index in [0.29, 0.717) is 20.7 Å². The minimum absolute atomic E-state index is 0.363. The molecule has 0 bridgehead atoms. The van der Waals surface area contributed by atoms with Crippen molar-refractivity contribution in [2.45, 2.75) is 0 Å². The second kappa shape index (κ2) is 7.21. The minimum Gasteiger partial charge on any atom is -0.497 e. The van der Waals surface area contributed by atoms with Crippen LogP contribution in [-0.2, 0) is 0 Å². The van der Waals surface area contributed by atoms with Gasteiger partial charge >= 0.3 is 0 Å². The smallest absolute Gasteiger partial charge is 0.283 e. The molecule has 24 heavy (non-hydrogen) atoms. The van der Waals surface area contributed by atoms with Gasteiger partial charge in [0.1, 0.15) is 10.6 Å². The van der Waals surface area contributed by atoms with Crippen LogP contribution >= 0.6 is 34.5 Å². The van der Waals surface area contributed by atoms with E-state index < -0.39 is 0 Å². The number of hydrogen-bond acceptors (Lipinski definition) is 4. The highest BCUT2D eigenvalue weighted by Crippen LogP contribution is 2.37. The normalized spacial score (nSPS) is 11.1. The zero-order chi connectivity index (χ0) is 17.1. The van der Waals surface area contributed by atoms with Gasteiger partial charge in [-0.2, -0.15) is 5.10 Å². The molecule has 3 aromatic rings. The average molecular weight is 379 g/mol. The quantitative estimate of drug-likeness (QED) is 0.513. The lowest BCUT2D eigenvalue weighted by atomic mass is 10.2. The average Bonchev–Trinajstić information content (AvgIpc) is 2.91. The maximum Gasteiger partial charge on any atom is 0.283 e. The number of carbonyl (C=O) groups is 1. The molecule has 1 amide bonds. The Labute approximate surface area is 152 Å². The molecule has 1 aromatic heterocycles. The Balaban J connectivity index is 1.80. The van der Waals surface area contributed by atoms with Crippen molar-refractivity contribution in [3.05, 3.63) is 63.0 Å². The monoisotopic (exact) mass is 378 g/mol. The number of carbonyl (C=O) groups excluding carboxylic acids is 1. The van der Waals surface area contributed by atoms with Crippen LogP contribution in [0.5, 0.6) is 5.75 Å². The molecule has 0 aliphatic rings. The van der Waals surface area contributed by atoms with Crippen LogP contribution in [0.2, 0.25) is 10.0 Å². The predicted molar refractivity (Wildman–Crippen MR) is 99.9 cm³/mol. The molecule has 2 aromatic carbocycles. The summed E-state index contributed by atoms with van der Waals surface area (Å²) < 4.78 is 6.06. The fourth-order valence-electron chi connectivity index (χ4n) is 2.12. The van der Waals surface area contributed by atoms with Gasteiger partial charge in [0.15, 0.2) is 0 Å². The van der Waals surface area contributed by atoms with Gasteiger partial charge in [-0.15, -0.1) is 11.3 Å². The molecule has 122 valence electrons. The second-order valence-electron chi connectivity index (χ2n) is 4.86. The summed E-state index contributed by atoms with van der Waals surface area (Å²) in [4.78, 5) is 12.7. The fraction of sp³-hybridized carbons (Fsp3) is 0.0588. The van der Waals surface area contributed by atoms with Crippen molar-refractivity contribution >= 4 is 56.7 Å². The second-order valence-corrected chi connectivity index (χ2v) is 6.73. The van der Waals surface area contributed by atoms with Crippen molar-refractivity contribution in [2.75, 3.05) is 7.11 Å². The Morgan fingerprint density at radius 1 is 1.25 bits per heavy atom. The Bertz CT molecular complexity index is 937. The molecule has 0 aliphatic heterocycles. The number of amides is 1. The van der Waals surface area contributed by atoms with Gasteiger partial charge in [0, 0.05) is 15.1 Å². The minimum atomic E-state index is -0.363. The molecule has 0 unspecified atom stereocenters. The number of benzene rings is 2. The number of nitrogens with zero attached hydrogens (tertiary/aromatic N) is 1. The highest BCUT2D eigenvalue weighted by Gasteiger charge is 2.17. The molecule has 4 nitrogen and oxygen atoms in total. The summed E-state index contributed by atoms with van der Waals surface area (Å²) in [5, 5.41) is 5.77. The summed E-state index contributed by atoms with van der Waals surface area (Å²) in [6, 6.07) is 12.6. The molecule has 1 heterocycles. The van der Waals surface area contributed by atoms with Crippen molar-refractivity contribution in [3.63, 3.8) is 0 Å². The first-order valence-corrected chi connectivity index (χ1v) is 8.51. The molecule has 0 spiro atoms. The van der Waals surface area contributed by atoms with E-state index in [4.69, 9.17) is 27.9 Å². The van der Waals surface area contributed by atoms with E-state index >= 15 is 0 Å². The summed E-state index contributed by atoms with van der Waals surface area (Å²) >= 11 is 13.5. The lowest BCUT2D eigenvalue weighted by Crippen LogP contribution is -2.16. The van der Waals surface area contributed by atoms with Gasteiger partial charge in [-0.1, -0.05) is 35.3 Å². The summed E-state index contributed by atoms with van der Waals surface area (Å²) in [6.07, 6.45) is 1.52. The van der Waals surface area contributed by atoms with Crippen LogP contribution in [0.25, 0.3) is 10.1 Å². The number of hydrazone groups is 1. The number of nitrogens with one attached hydrogen (secondary N) is 1. The van der Waals surface area contributed by atoms with E-state index in [1.165, 1.54) is 17.6 Å². The Morgan fingerprint density at radius 2 is 2.08 bits per heavy atom. The van der Waals surface area contributed by atoms with Crippen LogP contribution in [0.4, 0.5) is 0 Å². The van der Waals surface area contributed by atoms with Crippen LogP contribution in [0.3, 0.4) is 0 Å². The summed E-state index contributed by atoms with van der Waals surface area (Å²) in [7, 11) is 1.59. The predicted octanol–water partition coefficient (Wildman–Crippen LogP) is 4.98. The number of hydrogen-bond donors (Lipinski definition) is 1. The van der Waals surface area contributed by atoms with Crippen LogP contribution < -0.4 is 10.2 Å².